The molecule has 4 aliphatic rings. The van der Waals surface area contributed by atoms with Crippen LogP contribution in [0.1, 0.15) is 80.1 Å². The van der Waals surface area contributed by atoms with Crippen molar-refractivity contribution in [1.29, 1.82) is 5.26 Å². The molecule has 0 aromatic heterocycles. The Morgan fingerprint density at radius 3 is 1.75 bits per heavy atom. The molecule has 10 unspecified atom stereocenters. The lowest BCUT2D eigenvalue weighted by Crippen LogP contribution is -2.58. The van der Waals surface area contributed by atoms with Gasteiger partial charge >= 0.3 is 0 Å². The zero-order valence-electron chi connectivity index (χ0n) is 18.9. The summed E-state index contributed by atoms with van der Waals surface area (Å²) in [7, 11) is 0. The van der Waals surface area contributed by atoms with Gasteiger partial charge in [0.05, 0.1) is 6.07 Å². The van der Waals surface area contributed by atoms with Crippen molar-refractivity contribution in [1.82, 2.24) is 0 Å². The largest absolute Gasteiger partial charge is 0.313 e. The summed E-state index contributed by atoms with van der Waals surface area (Å²) < 4.78 is 0. The first-order valence-corrected chi connectivity index (χ1v) is 11.8. The van der Waals surface area contributed by atoms with Crippen molar-refractivity contribution >= 4 is 0 Å². The molecule has 0 aromatic rings. The average molecular weight is 381 g/mol. The Bertz CT molecular complexity index is 621. The smallest absolute Gasteiger partial charge is 0.227 e. The van der Waals surface area contributed by atoms with Crippen LogP contribution in [-0.4, -0.2) is 6.04 Å². The highest BCUT2D eigenvalue weighted by atomic mass is 14.8. The van der Waals surface area contributed by atoms with Crippen LogP contribution in [-0.2, 0) is 0 Å². The first kappa shape index (κ1) is 20.3. The van der Waals surface area contributed by atoms with Crippen LogP contribution in [0.15, 0.2) is 0 Å². The van der Waals surface area contributed by atoms with E-state index >= 15 is 0 Å². The van der Waals surface area contributed by atoms with E-state index in [2.05, 4.69) is 52.5 Å². The summed E-state index contributed by atoms with van der Waals surface area (Å²) in [6.45, 7) is 22.3. The summed E-state index contributed by atoms with van der Waals surface area (Å²) in [5.41, 5.74) is 0.632. The molecule has 10 atom stereocenters. The Hall–Kier alpha value is -1.02. The van der Waals surface area contributed by atoms with E-state index in [1.54, 1.807) is 0 Å². The van der Waals surface area contributed by atoms with Crippen LogP contribution < -0.4 is 0 Å². The van der Waals surface area contributed by atoms with Crippen LogP contribution in [0.5, 0.6) is 0 Å². The highest BCUT2D eigenvalue weighted by molar-refractivity contribution is 5.13. The molecule has 154 valence electrons. The maximum Gasteiger partial charge on any atom is 0.227 e. The SMILES string of the molecule is [C-]#[N+]C1CC2CC(C(C)(C)C)CC3C(C#N)CC4CC(C(C)(C)C)CC1C4C23. The number of nitrogens with zero attached hydrogens (tertiary/aromatic N) is 2. The third kappa shape index (κ3) is 3.20. The van der Waals surface area contributed by atoms with E-state index in [1.165, 1.54) is 25.7 Å². The van der Waals surface area contributed by atoms with Crippen molar-refractivity contribution in [2.75, 3.05) is 0 Å². The van der Waals surface area contributed by atoms with Crippen LogP contribution in [0.25, 0.3) is 4.85 Å². The molecule has 0 heterocycles. The van der Waals surface area contributed by atoms with Crippen molar-refractivity contribution in [3.63, 3.8) is 0 Å². The summed E-state index contributed by atoms with van der Waals surface area (Å²) in [4.78, 5) is 4.23. The van der Waals surface area contributed by atoms with Crippen LogP contribution in [0.2, 0.25) is 0 Å². The summed E-state index contributed by atoms with van der Waals surface area (Å²) in [6, 6.07) is 3.02. The molecule has 0 amide bonds. The molecule has 28 heavy (non-hydrogen) atoms. The van der Waals surface area contributed by atoms with Gasteiger partial charge in [-0.15, -0.1) is 0 Å². The molecule has 2 nitrogen and oxygen atoms in total. The fraction of sp³-hybridized carbons (Fsp3) is 0.923. The number of hydrogen-bond acceptors (Lipinski definition) is 1. The van der Waals surface area contributed by atoms with Gasteiger partial charge in [0.2, 0.25) is 6.04 Å². The van der Waals surface area contributed by atoms with E-state index < -0.39 is 0 Å². The summed E-state index contributed by atoms with van der Waals surface area (Å²) in [6.07, 6.45) is 7.33. The van der Waals surface area contributed by atoms with E-state index in [4.69, 9.17) is 6.57 Å². The van der Waals surface area contributed by atoms with Gasteiger partial charge in [0.15, 0.2) is 0 Å². The van der Waals surface area contributed by atoms with E-state index in [9.17, 15) is 5.26 Å². The average Bonchev–Trinajstić information content (AvgIpc) is 2.62. The summed E-state index contributed by atoms with van der Waals surface area (Å²) in [5, 5.41) is 10.1. The Labute approximate surface area is 173 Å². The Balaban J connectivity index is 1.71. The van der Waals surface area contributed by atoms with Crippen LogP contribution in [0, 0.1) is 82.0 Å². The van der Waals surface area contributed by atoms with Crippen LogP contribution in [0.3, 0.4) is 0 Å². The third-order valence-electron chi connectivity index (χ3n) is 9.70. The topological polar surface area (TPSA) is 28.1 Å². The van der Waals surface area contributed by atoms with E-state index in [0.717, 1.165) is 24.7 Å². The van der Waals surface area contributed by atoms with Gasteiger partial charge in [0, 0.05) is 18.3 Å². The zero-order chi connectivity index (χ0) is 20.4. The second-order valence-corrected chi connectivity index (χ2v) is 13.0. The van der Waals surface area contributed by atoms with E-state index in [1.807, 2.05) is 0 Å². The van der Waals surface area contributed by atoms with Gasteiger partial charge in [-0.2, -0.15) is 5.26 Å². The maximum absolute atomic E-state index is 10.1. The minimum absolute atomic E-state index is 0.233. The highest BCUT2D eigenvalue weighted by Gasteiger charge is 2.61. The quantitative estimate of drug-likeness (QED) is 0.423. The van der Waals surface area contributed by atoms with Gasteiger partial charge in [-0.05, 0) is 84.4 Å². The van der Waals surface area contributed by atoms with Gasteiger partial charge in [-0.25, -0.2) is 6.57 Å². The predicted molar refractivity (Wildman–Crippen MR) is 114 cm³/mol. The fourth-order valence-corrected chi connectivity index (χ4v) is 8.16. The molecule has 4 aliphatic carbocycles. The standard InChI is InChI=1S/C26H40N2/c1-25(2,3)18-10-16-11-22(28-7)21-13-19(26(4,5)6)9-15-8-17(14-27)20(12-18)23(16)24(15)21/h15-24H,8-13H2,1-6H3. The zero-order valence-corrected chi connectivity index (χ0v) is 18.9. The number of rotatable bonds is 0. The molecule has 4 rings (SSSR count). The second kappa shape index (κ2) is 6.76. The first-order valence-electron chi connectivity index (χ1n) is 11.8. The Morgan fingerprint density at radius 1 is 0.750 bits per heavy atom. The summed E-state index contributed by atoms with van der Waals surface area (Å²) >= 11 is 0. The molecular formula is C26H40N2. The van der Waals surface area contributed by atoms with Crippen molar-refractivity contribution in [3.05, 3.63) is 11.4 Å². The van der Waals surface area contributed by atoms with Crippen LogP contribution in [0.4, 0.5) is 0 Å². The molecule has 0 radical (unpaired) electrons. The van der Waals surface area contributed by atoms with Crippen LogP contribution >= 0.6 is 0 Å². The lowest BCUT2D eigenvalue weighted by atomic mass is 9.42. The minimum atomic E-state index is 0.233. The molecule has 0 bridgehead atoms. The number of hydrogen-bond donors (Lipinski definition) is 0. The number of nitriles is 1. The molecule has 0 N–H and O–H groups in total. The predicted octanol–water partition coefficient (Wildman–Crippen LogP) is 6.83. The molecule has 0 saturated heterocycles. The third-order valence-corrected chi connectivity index (χ3v) is 9.70. The lowest BCUT2D eigenvalue weighted by molar-refractivity contribution is -0.133. The van der Waals surface area contributed by atoms with Gasteiger partial charge in [-0.3, -0.25) is 0 Å². The van der Waals surface area contributed by atoms with Gasteiger partial charge in [-0.1, -0.05) is 41.5 Å². The van der Waals surface area contributed by atoms with E-state index in [-0.39, 0.29) is 12.0 Å². The molecule has 2 heteroatoms. The monoisotopic (exact) mass is 380 g/mol. The van der Waals surface area contributed by atoms with Crippen molar-refractivity contribution in [2.24, 2.45) is 64.1 Å². The minimum Gasteiger partial charge on any atom is -0.313 e. The van der Waals surface area contributed by atoms with Crippen molar-refractivity contribution in [3.8, 4) is 6.07 Å². The lowest BCUT2D eigenvalue weighted by Gasteiger charge is -2.62. The van der Waals surface area contributed by atoms with Gasteiger partial charge in [0.25, 0.3) is 0 Å². The Morgan fingerprint density at radius 2 is 1.25 bits per heavy atom. The normalized spacial score (nSPS) is 48.1. The van der Waals surface area contributed by atoms with Crippen molar-refractivity contribution < 1.29 is 0 Å². The molecular weight excluding hydrogens is 340 g/mol. The van der Waals surface area contributed by atoms with E-state index in [0.29, 0.717) is 46.3 Å². The molecule has 0 spiro atoms. The first-order chi connectivity index (χ1) is 13.0. The summed E-state index contributed by atoms with van der Waals surface area (Å²) in [5.74, 6) is 5.69. The fourth-order valence-electron chi connectivity index (χ4n) is 8.16. The Kier molecular flexibility index (Phi) is 4.89. The molecule has 0 aromatic carbocycles. The molecule has 4 saturated carbocycles. The molecule has 0 aliphatic heterocycles. The highest BCUT2D eigenvalue weighted by Crippen LogP contribution is 2.65. The maximum atomic E-state index is 10.1. The van der Waals surface area contributed by atoms with Gasteiger partial charge < -0.3 is 4.85 Å². The van der Waals surface area contributed by atoms with Gasteiger partial charge in [0.1, 0.15) is 0 Å². The van der Waals surface area contributed by atoms with Crippen molar-refractivity contribution in [2.45, 2.75) is 86.1 Å². The molecule has 4 fully saturated rings. The second-order valence-electron chi connectivity index (χ2n) is 13.0.